The molecule has 0 aromatic heterocycles. The Balaban J connectivity index is 4.02. The fraction of sp³-hybridized carbons (Fsp3) is 0.896. The van der Waals surface area contributed by atoms with Crippen LogP contribution in [0.2, 0.25) is 0 Å². The SMILES string of the molecule is CCCCC/C=C\C/C=C\CCCCCCCCCC(=O)OC(COC(=O)CCCCCCCCCC)COC(=O)CCCCCCCCCCCCCCCCCCCCCCCCCCCCCCCC. The van der Waals surface area contributed by atoms with Crippen molar-refractivity contribution < 1.29 is 28.6 Å². The average Bonchev–Trinajstić information content (AvgIpc) is 3.39. The molecule has 0 aliphatic heterocycles. The van der Waals surface area contributed by atoms with Crippen LogP contribution in [0.25, 0.3) is 0 Å². The molecule has 0 saturated carbocycles. The topological polar surface area (TPSA) is 78.9 Å². The maximum absolute atomic E-state index is 12.8. The summed E-state index contributed by atoms with van der Waals surface area (Å²) in [5, 5.41) is 0. The van der Waals surface area contributed by atoms with Crippen molar-refractivity contribution in [3.8, 4) is 0 Å². The lowest BCUT2D eigenvalue weighted by atomic mass is 10.0. The fourth-order valence-electron chi connectivity index (χ4n) is 10.0. The molecule has 6 heteroatoms. The van der Waals surface area contributed by atoms with Crippen molar-refractivity contribution in [1.29, 1.82) is 0 Å². The zero-order chi connectivity index (χ0) is 52.9. The molecule has 0 saturated heterocycles. The first-order valence-electron chi connectivity index (χ1n) is 32.8. The zero-order valence-corrected chi connectivity index (χ0v) is 49.4. The van der Waals surface area contributed by atoms with E-state index in [2.05, 4.69) is 45.1 Å². The van der Waals surface area contributed by atoms with Gasteiger partial charge in [-0.3, -0.25) is 14.4 Å². The number of hydrogen-bond acceptors (Lipinski definition) is 6. The van der Waals surface area contributed by atoms with Crippen LogP contribution < -0.4 is 0 Å². The first-order chi connectivity index (χ1) is 36.0. The molecule has 430 valence electrons. The van der Waals surface area contributed by atoms with Gasteiger partial charge in [-0.2, -0.15) is 0 Å². The Hall–Kier alpha value is -2.11. The van der Waals surface area contributed by atoms with Crippen LogP contribution in [-0.2, 0) is 28.6 Å². The Morgan fingerprint density at radius 2 is 0.493 bits per heavy atom. The summed E-state index contributed by atoms with van der Waals surface area (Å²) in [7, 11) is 0. The summed E-state index contributed by atoms with van der Waals surface area (Å²) in [6.45, 7) is 6.64. The Morgan fingerprint density at radius 1 is 0.274 bits per heavy atom. The summed E-state index contributed by atoms with van der Waals surface area (Å²) in [4.78, 5) is 38.1. The Bertz CT molecular complexity index is 1180. The summed E-state index contributed by atoms with van der Waals surface area (Å²) in [5.41, 5.74) is 0. The second kappa shape index (κ2) is 62.4. The maximum Gasteiger partial charge on any atom is 0.306 e. The summed E-state index contributed by atoms with van der Waals surface area (Å²) >= 11 is 0. The molecule has 0 N–H and O–H groups in total. The molecule has 0 rings (SSSR count). The number of carbonyl (C=O) groups is 3. The van der Waals surface area contributed by atoms with E-state index in [0.29, 0.717) is 19.3 Å². The van der Waals surface area contributed by atoms with E-state index in [9.17, 15) is 14.4 Å². The van der Waals surface area contributed by atoms with E-state index < -0.39 is 6.10 Å². The number of ether oxygens (including phenoxy) is 3. The third-order valence-electron chi connectivity index (χ3n) is 15.0. The number of esters is 3. The first kappa shape index (κ1) is 70.9. The van der Waals surface area contributed by atoms with Crippen molar-refractivity contribution in [2.45, 2.75) is 374 Å². The van der Waals surface area contributed by atoms with Crippen LogP contribution in [0.4, 0.5) is 0 Å². The van der Waals surface area contributed by atoms with Crippen LogP contribution in [0.5, 0.6) is 0 Å². The van der Waals surface area contributed by atoms with Crippen molar-refractivity contribution in [2.75, 3.05) is 13.2 Å². The van der Waals surface area contributed by atoms with Gasteiger partial charge in [0.25, 0.3) is 0 Å². The molecule has 0 aliphatic rings. The summed E-state index contributed by atoms with van der Waals surface area (Å²) in [6.07, 6.45) is 75.1. The molecule has 73 heavy (non-hydrogen) atoms. The van der Waals surface area contributed by atoms with Crippen LogP contribution >= 0.6 is 0 Å². The van der Waals surface area contributed by atoms with E-state index in [-0.39, 0.29) is 31.1 Å². The molecular weight excluding hydrogens is 901 g/mol. The van der Waals surface area contributed by atoms with Crippen LogP contribution in [0.3, 0.4) is 0 Å². The Kier molecular flexibility index (Phi) is 60.6. The van der Waals surface area contributed by atoms with Gasteiger partial charge in [-0.25, -0.2) is 0 Å². The first-order valence-corrected chi connectivity index (χ1v) is 32.8. The number of allylic oxidation sites excluding steroid dienone is 4. The predicted octanol–water partition coefficient (Wildman–Crippen LogP) is 22.2. The quantitative estimate of drug-likeness (QED) is 0.0261. The summed E-state index contributed by atoms with van der Waals surface area (Å²) < 4.78 is 16.9. The van der Waals surface area contributed by atoms with E-state index in [0.717, 1.165) is 70.6 Å². The van der Waals surface area contributed by atoms with E-state index in [1.165, 1.54) is 257 Å². The minimum atomic E-state index is -0.770. The van der Waals surface area contributed by atoms with Crippen LogP contribution in [0.15, 0.2) is 24.3 Å². The monoisotopic (exact) mass is 1030 g/mol. The predicted molar refractivity (Wildman–Crippen MR) is 316 cm³/mol. The second-order valence-electron chi connectivity index (χ2n) is 22.4. The molecule has 1 unspecified atom stereocenters. The second-order valence-corrected chi connectivity index (χ2v) is 22.4. The highest BCUT2D eigenvalue weighted by atomic mass is 16.6. The van der Waals surface area contributed by atoms with Gasteiger partial charge in [0.15, 0.2) is 6.10 Å². The number of hydrogen-bond donors (Lipinski definition) is 0. The van der Waals surface area contributed by atoms with Gasteiger partial charge in [-0.05, 0) is 51.4 Å². The molecule has 0 bridgehead atoms. The molecule has 0 aromatic rings. The minimum absolute atomic E-state index is 0.0693. The van der Waals surface area contributed by atoms with Gasteiger partial charge in [-0.15, -0.1) is 0 Å². The third kappa shape index (κ3) is 60.6. The van der Waals surface area contributed by atoms with Crippen LogP contribution in [-0.4, -0.2) is 37.2 Å². The molecule has 0 radical (unpaired) electrons. The molecule has 0 aliphatic carbocycles. The van der Waals surface area contributed by atoms with Gasteiger partial charge in [0.1, 0.15) is 13.2 Å². The minimum Gasteiger partial charge on any atom is -0.462 e. The molecule has 1 atom stereocenters. The van der Waals surface area contributed by atoms with Crippen molar-refractivity contribution in [1.82, 2.24) is 0 Å². The molecule has 0 spiro atoms. The zero-order valence-electron chi connectivity index (χ0n) is 49.4. The van der Waals surface area contributed by atoms with Gasteiger partial charge in [0.05, 0.1) is 0 Å². The van der Waals surface area contributed by atoms with Crippen LogP contribution in [0, 0.1) is 0 Å². The highest BCUT2D eigenvalue weighted by molar-refractivity contribution is 5.71. The summed E-state index contributed by atoms with van der Waals surface area (Å²) in [6, 6.07) is 0. The summed E-state index contributed by atoms with van der Waals surface area (Å²) in [5.74, 6) is -0.859. The van der Waals surface area contributed by atoms with Gasteiger partial charge in [-0.1, -0.05) is 321 Å². The third-order valence-corrected chi connectivity index (χ3v) is 15.0. The lowest BCUT2D eigenvalue weighted by molar-refractivity contribution is -0.167. The van der Waals surface area contributed by atoms with Crippen molar-refractivity contribution in [3.63, 3.8) is 0 Å². The van der Waals surface area contributed by atoms with Gasteiger partial charge < -0.3 is 14.2 Å². The molecule has 0 amide bonds. The van der Waals surface area contributed by atoms with Crippen molar-refractivity contribution in [2.24, 2.45) is 0 Å². The van der Waals surface area contributed by atoms with E-state index in [1.807, 2.05) is 0 Å². The van der Waals surface area contributed by atoms with Gasteiger partial charge in [0, 0.05) is 19.3 Å². The maximum atomic E-state index is 12.8. The number of rotatable bonds is 61. The molecule has 0 aromatic carbocycles. The van der Waals surface area contributed by atoms with Crippen molar-refractivity contribution >= 4 is 17.9 Å². The fourth-order valence-corrected chi connectivity index (χ4v) is 10.0. The van der Waals surface area contributed by atoms with Crippen molar-refractivity contribution in [3.05, 3.63) is 24.3 Å². The Labute approximate surface area is 455 Å². The normalized spacial score (nSPS) is 12.1. The van der Waals surface area contributed by atoms with Gasteiger partial charge in [0.2, 0.25) is 0 Å². The highest BCUT2D eigenvalue weighted by Gasteiger charge is 2.19. The van der Waals surface area contributed by atoms with E-state index >= 15 is 0 Å². The van der Waals surface area contributed by atoms with Crippen LogP contribution in [0.1, 0.15) is 367 Å². The highest BCUT2D eigenvalue weighted by Crippen LogP contribution is 2.18. The smallest absolute Gasteiger partial charge is 0.306 e. The molecule has 0 fully saturated rings. The lowest BCUT2D eigenvalue weighted by Crippen LogP contribution is -2.30. The average molecular weight is 1030 g/mol. The van der Waals surface area contributed by atoms with E-state index in [1.54, 1.807) is 0 Å². The van der Waals surface area contributed by atoms with E-state index in [4.69, 9.17) is 14.2 Å². The molecular formula is C67H126O6. The number of unbranched alkanes of at least 4 members (excludes halogenated alkanes) is 46. The molecule has 0 heterocycles. The van der Waals surface area contributed by atoms with Gasteiger partial charge >= 0.3 is 17.9 Å². The standard InChI is InChI=1S/C67H126O6/c1-4-7-10-13-16-19-21-23-25-27-28-29-30-31-32-33-34-35-36-37-38-39-41-42-44-46-48-51-54-57-60-66(69)72-63-64(62-71-65(68)59-56-53-50-18-15-12-9-6-3)73-67(70)61-58-55-52-49-47-45-43-40-26-24-22-20-17-14-11-8-5-2/h17,20,24,26,64H,4-16,18-19,21-23,25,27-63H2,1-3H3/b20-17-,26-24-. The molecule has 6 nitrogen and oxygen atoms in total. The Morgan fingerprint density at radius 3 is 0.781 bits per heavy atom. The number of carbonyl (C=O) groups excluding carboxylic acids is 3. The lowest BCUT2D eigenvalue weighted by Gasteiger charge is -2.18. The largest absolute Gasteiger partial charge is 0.462 e.